The molecular weight excluding hydrogens is 302 g/mol. The first kappa shape index (κ1) is 14.3. The summed E-state index contributed by atoms with van der Waals surface area (Å²) in [5.74, 6) is 0. The van der Waals surface area contributed by atoms with Crippen molar-refractivity contribution in [1.82, 2.24) is 15.1 Å². The van der Waals surface area contributed by atoms with Gasteiger partial charge in [0, 0.05) is 17.2 Å². The van der Waals surface area contributed by atoms with Crippen LogP contribution < -0.4 is 5.32 Å². The van der Waals surface area contributed by atoms with Crippen LogP contribution in [0.1, 0.15) is 30.6 Å². The van der Waals surface area contributed by atoms with Crippen LogP contribution in [0.2, 0.25) is 0 Å². The lowest BCUT2D eigenvalue weighted by atomic mass is 10.0. The zero-order valence-corrected chi connectivity index (χ0v) is 13.0. The van der Waals surface area contributed by atoms with Crippen molar-refractivity contribution in [2.45, 2.75) is 32.4 Å². The van der Waals surface area contributed by atoms with Crippen molar-refractivity contribution in [1.29, 1.82) is 0 Å². The second kappa shape index (κ2) is 6.87. The van der Waals surface area contributed by atoms with Gasteiger partial charge in [0.15, 0.2) is 0 Å². The second-order valence-electron chi connectivity index (χ2n) is 4.65. The van der Waals surface area contributed by atoms with E-state index in [9.17, 15) is 0 Å². The van der Waals surface area contributed by atoms with Gasteiger partial charge in [-0.2, -0.15) is 5.10 Å². The molecule has 1 aromatic carbocycles. The van der Waals surface area contributed by atoms with Crippen molar-refractivity contribution in [2.75, 3.05) is 7.05 Å². The van der Waals surface area contributed by atoms with E-state index in [0.717, 1.165) is 23.9 Å². The van der Waals surface area contributed by atoms with Crippen LogP contribution >= 0.6 is 15.9 Å². The average Bonchev–Trinajstić information content (AvgIpc) is 2.87. The van der Waals surface area contributed by atoms with Crippen LogP contribution in [-0.4, -0.2) is 16.8 Å². The van der Waals surface area contributed by atoms with E-state index in [-0.39, 0.29) is 0 Å². The number of benzene rings is 1. The summed E-state index contributed by atoms with van der Waals surface area (Å²) in [5.41, 5.74) is 2.58. The molecule has 1 N–H and O–H groups in total. The number of likely N-dealkylation sites (N-methyl/N-ethyl adjacent to an activating group) is 1. The molecule has 0 radical (unpaired) electrons. The van der Waals surface area contributed by atoms with E-state index < -0.39 is 0 Å². The Balaban J connectivity index is 2.15. The SMILES string of the molecule is CCCn1nccc1C(Cc1ccc(Br)cc1)NC. The fourth-order valence-corrected chi connectivity index (χ4v) is 2.51. The van der Waals surface area contributed by atoms with Gasteiger partial charge < -0.3 is 5.32 Å². The molecule has 0 bridgehead atoms. The summed E-state index contributed by atoms with van der Waals surface area (Å²) in [5, 5.41) is 7.79. The molecule has 1 unspecified atom stereocenters. The molecule has 0 amide bonds. The monoisotopic (exact) mass is 321 g/mol. The van der Waals surface area contributed by atoms with Crippen LogP contribution in [-0.2, 0) is 13.0 Å². The van der Waals surface area contributed by atoms with Crippen LogP contribution in [0.4, 0.5) is 0 Å². The molecule has 1 heterocycles. The highest BCUT2D eigenvalue weighted by molar-refractivity contribution is 9.10. The first-order valence-corrected chi connectivity index (χ1v) is 7.47. The van der Waals surface area contributed by atoms with E-state index in [1.807, 2.05) is 13.2 Å². The van der Waals surface area contributed by atoms with Crippen LogP contribution in [0, 0.1) is 0 Å². The molecule has 102 valence electrons. The lowest BCUT2D eigenvalue weighted by molar-refractivity contribution is 0.497. The Bertz CT molecular complexity index is 504. The second-order valence-corrected chi connectivity index (χ2v) is 5.57. The summed E-state index contributed by atoms with van der Waals surface area (Å²) >= 11 is 3.47. The minimum absolute atomic E-state index is 0.301. The molecular formula is C15H20BrN3. The molecule has 3 nitrogen and oxygen atoms in total. The third-order valence-corrected chi connectivity index (χ3v) is 3.77. The number of aromatic nitrogens is 2. The van der Waals surface area contributed by atoms with Crippen LogP contribution in [0.15, 0.2) is 41.0 Å². The van der Waals surface area contributed by atoms with Gasteiger partial charge in [-0.05, 0) is 43.7 Å². The molecule has 0 aliphatic carbocycles. The van der Waals surface area contributed by atoms with E-state index in [4.69, 9.17) is 0 Å². The molecule has 0 aliphatic heterocycles. The third-order valence-electron chi connectivity index (χ3n) is 3.24. The predicted octanol–water partition coefficient (Wildman–Crippen LogP) is 3.56. The normalized spacial score (nSPS) is 12.6. The number of aryl methyl sites for hydroxylation is 1. The Hall–Kier alpha value is -1.13. The summed E-state index contributed by atoms with van der Waals surface area (Å²) < 4.78 is 3.22. The largest absolute Gasteiger partial charge is 0.311 e. The van der Waals surface area contributed by atoms with Crippen LogP contribution in [0.3, 0.4) is 0 Å². The molecule has 0 aliphatic rings. The molecule has 1 aromatic heterocycles. The Labute approximate surface area is 123 Å². The Morgan fingerprint density at radius 1 is 1.26 bits per heavy atom. The van der Waals surface area contributed by atoms with Gasteiger partial charge in [-0.25, -0.2) is 0 Å². The highest BCUT2D eigenvalue weighted by Gasteiger charge is 2.14. The minimum atomic E-state index is 0.301. The molecule has 0 saturated heterocycles. The fourth-order valence-electron chi connectivity index (χ4n) is 2.25. The number of nitrogens with one attached hydrogen (secondary N) is 1. The summed E-state index contributed by atoms with van der Waals surface area (Å²) in [6.07, 6.45) is 3.96. The molecule has 2 rings (SSSR count). The fraction of sp³-hybridized carbons (Fsp3) is 0.400. The maximum Gasteiger partial charge on any atom is 0.0556 e. The summed E-state index contributed by atoms with van der Waals surface area (Å²) in [6, 6.07) is 10.9. The average molecular weight is 322 g/mol. The maximum atomic E-state index is 4.40. The Morgan fingerprint density at radius 3 is 2.63 bits per heavy atom. The van der Waals surface area contributed by atoms with Crippen molar-refractivity contribution in [3.63, 3.8) is 0 Å². The molecule has 0 saturated carbocycles. The predicted molar refractivity (Wildman–Crippen MR) is 82.2 cm³/mol. The Morgan fingerprint density at radius 2 is 2.00 bits per heavy atom. The standard InChI is InChI=1S/C15H20BrN3/c1-3-10-19-15(8-9-18-19)14(17-2)11-12-4-6-13(16)7-5-12/h4-9,14,17H,3,10-11H2,1-2H3. The highest BCUT2D eigenvalue weighted by Crippen LogP contribution is 2.19. The third kappa shape index (κ3) is 3.67. The molecule has 0 spiro atoms. The lowest BCUT2D eigenvalue weighted by Crippen LogP contribution is -2.22. The van der Waals surface area contributed by atoms with Gasteiger partial charge in [0.25, 0.3) is 0 Å². The van der Waals surface area contributed by atoms with Gasteiger partial charge in [0.05, 0.1) is 11.7 Å². The maximum absolute atomic E-state index is 4.40. The van der Waals surface area contributed by atoms with E-state index >= 15 is 0 Å². The first-order valence-electron chi connectivity index (χ1n) is 6.68. The van der Waals surface area contributed by atoms with Crippen molar-refractivity contribution in [3.05, 3.63) is 52.3 Å². The lowest BCUT2D eigenvalue weighted by Gasteiger charge is -2.18. The molecule has 1 atom stereocenters. The van der Waals surface area contributed by atoms with Crippen LogP contribution in [0.5, 0.6) is 0 Å². The van der Waals surface area contributed by atoms with Gasteiger partial charge in [0.2, 0.25) is 0 Å². The zero-order chi connectivity index (χ0) is 13.7. The Kier molecular flexibility index (Phi) is 5.16. The number of nitrogens with zero attached hydrogens (tertiary/aromatic N) is 2. The number of hydrogen-bond acceptors (Lipinski definition) is 2. The van der Waals surface area contributed by atoms with Gasteiger partial charge in [0.1, 0.15) is 0 Å². The van der Waals surface area contributed by atoms with Gasteiger partial charge in [-0.15, -0.1) is 0 Å². The molecule has 4 heteroatoms. The topological polar surface area (TPSA) is 29.9 Å². The van der Waals surface area contributed by atoms with Crippen molar-refractivity contribution >= 4 is 15.9 Å². The number of rotatable bonds is 6. The molecule has 0 fully saturated rings. The van der Waals surface area contributed by atoms with Gasteiger partial charge in [-0.1, -0.05) is 35.0 Å². The zero-order valence-electron chi connectivity index (χ0n) is 11.4. The van der Waals surface area contributed by atoms with E-state index in [1.54, 1.807) is 0 Å². The van der Waals surface area contributed by atoms with Crippen molar-refractivity contribution in [3.8, 4) is 0 Å². The summed E-state index contributed by atoms with van der Waals surface area (Å²) in [7, 11) is 2.01. The summed E-state index contributed by atoms with van der Waals surface area (Å²) in [4.78, 5) is 0. The van der Waals surface area contributed by atoms with Gasteiger partial charge >= 0.3 is 0 Å². The smallest absolute Gasteiger partial charge is 0.0556 e. The molecule has 19 heavy (non-hydrogen) atoms. The van der Waals surface area contributed by atoms with Crippen molar-refractivity contribution in [2.24, 2.45) is 0 Å². The van der Waals surface area contributed by atoms with E-state index in [1.165, 1.54) is 11.3 Å². The summed E-state index contributed by atoms with van der Waals surface area (Å²) in [6.45, 7) is 3.15. The highest BCUT2D eigenvalue weighted by atomic mass is 79.9. The first-order chi connectivity index (χ1) is 9.24. The van der Waals surface area contributed by atoms with Gasteiger partial charge in [-0.3, -0.25) is 4.68 Å². The quantitative estimate of drug-likeness (QED) is 0.881. The minimum Gasteiger partial charge on any atom is -0.311 e. The number of halogens is 1. The van der Waals surface area contributed by atoms with E-state index in [2.05, 4.69) is 68.3 Å². The van der Waals surface area contributed by atoms with E-state index in [0.29, 0.717) is 6.04 Å². The number of hydrogen-bond donors (Lipinski definition) is 1. The van der Waals surface area contributed by atoms with Crippen molar-refractivity contribution < 1.29 is 0 Å². The van der Waals surface area contributed by atoms with Crippen LogP contribution in [0.25, 0.3) is 0 Å². The molecule has 2 aromatic rings.